The summed E-state index contributed by atoms with van der Waals surface area (Å²) in [5.41, 5.74) is 2.53. The highest BCUT2D eigenvalue weighted by atomic mass is 32.2. The van der Waals surface area contributed by atoms with Gasteiger partial charge in [-0.3, -0.25) is 19.3 Å². The van der Waals surface area contributed by atoms with Gasteiger partial charge in [0.15, 0.2) is 11.4 Å². The van der Waals surface area contributed by atoms with E-state index in [0.29, 0.717) is 6.67 Å². The molecule has 3 aliphatic carbocycles. The van der Waals surface area contributed by atoms with Crippen LogP contribution in [0.15, 0.2) is 70.5 Å². The molecule has 5 aliphatic rings. The maximum atomic E-state index is 13.7. The van der Waals surface area contributed by atoms with Crippen LogP contribution in [-0.2, 0) is 5.75 Å². The summed E-state index contributed by atoms with van der Waals surface area (Å²) < 4.78 is 1.68. The highest BCUT2D eigenvalue weighted by molar-refractivity contribution is 7.98. The number of rotatable bonds is 3. The van der Waals surface area contributed by atoms with E-state index in [-0.39, 0.29) is 35.2 Å². The molecule has 3 fully saturated rings. The Morgan fingerprint density at radius 1 is 0.971 bits per heavy atom. The second-order valence-corrected chi connectivity index (χ2v) is 11.4. The van der Waals surface area contributed by atoms with E-state index >= 15 is 0 Å². The minimum atomic E-state index is -0.562. The topological polar surface area (TPSA) is 86.0 Å². The number of thioether (sulfide) groups is 1. The number of benzene rings is 2. The van der Waals surface area contributed by atoms with E-state index in [2.05, 4.69) is 29.3 Å². The SMILES string of the molecule is O=C1c2c(O)c(=O)ccn2N([C@H]2c3ccccc3CSc3ccccc32)CN1C12CC(CO)(C1)C2. The van der Waals surface area contributed by atoms with E-state index < -0.39 is 11.2 Å². The maximum Gasteiger partial charge on any atom is 0.278 e. The zero-order chi connectivity index (χ0) is 23.9. The van der Waals surface area contributed by atoms with Crippen LogP contribution in [0.4, 0.5) is 0 Å². The lowest BCUT2D eigenvalue weighted by atomic mass is 9.39. The van der Waals surface area contributed by atoms with Crippen LogP contribution in [0, 0.1) is 5.41 Å². The van der Waals surface area contributed by atoms with Crippen LogP contribution in [0.25, 0.3) is 0 Å². The third-order valence-electron chi connectivity index (χ3n) is 8.33. The quantitative estimate of drug-likeness (QED) is 0.590. The van der Waals surface area contributed by atoms with Gasteiger partial charge < -0.3 is 15.1 Å². The van der Waals surface area contributed by atoms with E-state index in [1.807, 2.05) is 29.2 Å². The normalized spacial score (nSPS) is 28.3. The van der Waals surface area contributed by atoms with Crippen molar-refractivity contribution in [1.29, 1.82) is 0 Å². The van der Waals surface area contributed by atoms with Gasteiger partial charge in [-0.1, -0.05) is 42.5 Å². The molecular weight excluding hydrogens is 462 g/mol. The van der Waals surface area contributed by atoms with Crippen molar-refractivity contribution in [2.45, 2.75) is 41.5 Å². The Hall–Kier alpha value is -3.23. The Bertz CT molecular complexity index is 1380. The summed E-state index contributed by atoms with van der Waals surface area (Å²) in [5, 5.41) is 22.7. The third-order valence-corrected chi connectivity index (χ3v) is 9.47. The number of pyridine rings is 1. The van der Waals surface area contributed by atoms with Crippen LogP contribution >= 0.6 is 11.8 Å². The van der Waals surface area contributed by atoms with E-state index in [0.717, 1.165) is 36.1 Å². The summed E-state index contributed by atoms with van der Waals surface area (Å²) in [6, 6.07) is 17.8. The molecule has 178 valence electrons. The first kappa shape index (κ1) is 21.1. The predicted molar refractivity (Wildman–Crippen MR) is 132 cm³/mol. The summed E-state index contributed by atoms with van der Waals surface area (Å²) in [7, 11) is 0. The van der Waals surface area contributed by atoms with Gasteiger partial charge in [-0.2, -0.15) is 0 Å². The van der Waals surface area contributed by atoms with E-state index in [4.69, 9.17) is 0 Å². The van der Waals surface area contributed by atoms with Crippen molar-refractivity contribution >= 4 is 17.7 Å². The molecular formula is C27H25N3O4S. The van der Waals surface area contributed by atoms with Crippen LogP contribution < -0.4 is 10.4 Å². The van der Waals surface area contributed by atoms with Crippen molar-refractivity contribution in [2.24, 2.45) is 5.41 Å². The van der Waals surface area contributed by atoms with Crippen LogP contribution in [0.1, 0.15) is 52.5 Å². The molecule has 2 N–H and O–H groups in total. The summed E-state index contributed by atoms with van der Waals surface area (Å²) in [6.07, 6.45) is 3.86. The number of aliphatic hydroxyl groups excluding tert-OH is 1. The lowest BCUT2D eigenvalue weighted by Gasteiger charge is -2.74. The molecule has 1 aromatic heterocycles. The lowest BCUT2D eigenvalue weighted by molar-refractivity contribution is -0.223. The second-order valence-electron chi connectivity index (χ2n) is 10.4. The molecule has 2 aliphatic heterocycles. The van der Waals surface area contributed by atoms with Gasteiger partial charge in [0, 0.05) is 40.5 Å². The first-order valence-corrected chi connectivity index (χ1v) is 12.9. The Labute approximate surface area is 206 Å². The van der Waals surface area contributed by atoms with Gasteiger partial charge >= 0.3 is 0 Å². The van der Waals surface area contributed by atoms with Crippen molar-refractivity contribution in [2.75, 3.05) is 18.3 Å². The molecule has 7 nitrogen and oxygen atoms in total. The van der Waals surface area contributed by atoms with Crippen LogP contribution in [0.5, 0.6) is 5.75 Å². The van der Waals surface area contributed by atoms with Gasteiger partial charge in [0.1, 0.15) is 6.67 Å². The van der Waals surface area contributed by atoms with E-state index in [1.54, 1.807) is 22.6 Å². The minimum absolute atomic E-state index is 0.0124. The van der Waals surface area contributed by atoms with Gasteiger partial charge in [0.05, 0.1) is 6.04 Å². The van der Waals surface area contributed by atoms with Crippen molar-refractivity contribution in [3.8, 4) is 5.75 Å². The molecule has 3 saturated carbocycles. The molecule has 2 bridgehead atoms. The molecule has 0 radical (unpaired) electrons. The molecule has 8 heteroatoms. The van der Waals surface area contributed by atoms with Gasteiger partial charge in [0.2, 0.25) is 5.43 Å². The molecule has 1 amide bonds. The van der Waals surface area contributed by atoms with Crippen molar-refractivity contribution < 1.29 is 15.0 Å². The Morgan fingerprint density at radius 3 is 2.46 bits per heavy atom. The second kappa shape index (κ2) is 7.15. The summed E-state index contributed by atoms with van der Waals surface area (Å²) in [6.45, 7) is 0.454. The molecule has 0 spiro atoms. The zero-order valence-corrected chi connectivity index (χ0v) is 19.9. The fourth-order valence-electron chi connectivity index (χ4n) is 6.71. The Morgan fingerprint density at radius 2 is 1.69 bits per heavy atom. The number of hydrogen-bond donors (Lipinski definition) is 2. The summed E-state index contributed by atoms with van der Waals surface area (Å²) >= 11 is 1.80. The number of amides is 1. The highest BCUT2D eigenvalue weighted by Gasteiger charge is 2.71. The van der Waals surface area contributed by atoms with Crippen molar-refractivity contribution in [3.05, 3.63) is 93.4 Å². The average Bonchev–Trinajstić information content (AvgIpc) is 2.98. The number of carbonyl (C=O) groups excluding carboxylic acids is 1. The van der Waals surface area contributed by atoms with Crippen molar-refractivity contribution in [3.63, 3.8) is 0 Å². The number of nitrogens with zero attached hydrogens (tertiary/aromatic N) is 3. The number of hydrogen-bond acceptors (Lipinski definition) is 6. The number of aromatic nitrogens is 1. The average molecular weight is 488 g/mol. The summed E-state index contributed by atoms with van der Waals surface area (Å²) in [4.78, 5) is 29.2. The molecule has 2 aromatic carbocycles. The van der Waals surface area contributed by atoms with Gasteiger partial charge in [-0.05, 0) is 42.0 Å². The Kier molecular flexibility index (Phi) is 4.31. The summed E-state index contributed by atoms with van der Waals surface area (Å²) in [5.74, 6) is -0.00159. The smallest absolute Gasteiger partial charge is 0.278 e. The predicted octanol–water partition coefficient (Wildman–Crippen LogP) is 3.22. The number of carbonyl (C=O) groups is 1. The lowest BCUT2D eigenvalue weighted by Crippen LogP contribution is -2.79. The number of aliphatic hydroxyl groups is 1. The van der Waals surface area contributed by atoms with Crippen LogP contribution in [0.2, 0.25) is 0 Å². The Balaban J connectivity index is 1.43. The maximum absolute atomic E-state index is 13.7. The fraction of sp³-hybridized carbons (Fsp3) is 0.333. The van der Waals surface area contributed by atoms with Crippen LogP contribution in [-0.4, -0.2) is 44.5 Å². The molecule has 0 unspecified atom stereocenters. The first-order chi connectivity index (χ1) is 17.0. The van der Waals surface area contributed by atoms with E-state index in [9.17, 15) is 19.8 Å². The zero-order valence-electron chi connectivity index (χ0n) is 19.1. The van der Waals surface area contributed by atoms with Crippen LogP contribution in [0.3, 0.4) is 0 Å². The minimum Gasteiger partial charge on any atom is -0.502 e. The third kappa shape index (κ3) is 2.78. The van der Waals surface area contributed by atoms with Crippen molar-refractivity contribution in [1.82, 2.24) is 9.58 Å². The monoisotopic (exact) mass is 487 g/mol. The molecule has 0 saturated heterocycles. The molecule has 8 rings (SSSR count). The van der Waals surface area contributed by atoms with Gasteiger partial charge in [-0.15, -0.1) is 11.8 Å². The van der Waals surface area contributed by atoms with E-state index in [1.165, 1.54) is 16.5 Å². The molecule has 1 atom stereocenters. The highest BCUT2D eigenvalue weighted by Crippen LogP contribution is 2.70. The number of fused-ring (bicyclic) bond motifs is 3. The molecule has 35 heavy (non-hydrogen) atoms. The largest absolute Gasteiger partial charge is 0.502 e. The van der Waals surface area contributed by atoms with Gasteiger partial charge in [-0.25, -0.2) is 0 Å². The standard InChI is InChI=1S/C27H25N3O4S/c31-15-26-12-27(13-26,14-26)28-16-30(29-10-9-20(32)24(33)23(29)25(28)34)22-18-6-2-1-5-17(18)11-35-21-8-4-3-7-19(21)22/h1-10,22,31,33H,11-16H2/t22-,26?,27?/m0/s1. The molecule has 3 heterocycles. The fourth-order valence-corrected chi connectivity index (χ4v) is 7.81. The molecule has 3 aromatic rings. The van der Waals surface area contributed by atoms with Gasteiger partial charge in [0.25, 0.3) is 5.91 Å². The number of aromatic hydroxyl groups is 1. The first-order valence-electron chi connectivity index (χ1n) is 11.9.